The smallest absolute Gasteiger partial charge is 0.160 e. The van der Waals surface area contributed by atoms with Gasteiger partial charge in [-0.25, -0.2) is 4.39 Å². The number of halogens is 1. The van der Waals surface area contributed by atoms with Crippen molar-refractivity contribution in [2.75, 3.05) is 11.9 Å². The van der Waals surface area contributed by atoms with E-state index in [1.807, 2.05) is 31.0 Å². The molecule has 1 atom stereocenters. The summed E-state index contributed by atoms with van der Waals surface area (Å²) < 4.78 is 13.7. The monoisotopic (exact) mass is 263 g/mol. The molecule has 0 aliphatic rings. The number of aldehydes is 1. The van der Waals surface area contributed by atoms with Crippen LogP contribution in [-0.2, 0) is 0 Å². The number of carbonyl (C=O) groups is 1. The summed E-state index contributed by atoms with van der Waals surface area (Å²) in [5, 5.41) is 0.952. The molecule has 1 unspecified atom stereocenters. The summed E-state index contributed by atoms with van der Waals surface area (Å²) in [6.07, 6.45) is 0.829. The second-order valence-electron chi connectivity index (χ2n) is 4.10. The van der Waals surface area contributed by atoms with Gasteiger partial charge in [0.25, 0.3) is 0 Å². The van der Waals surface area contributed by atoms with Crippen LogP contribution in [0.2, 0.25) is 0 Å². The highest BCUT2D eigenvalue weighted by Crippen LogP contribution is 2.31. The Balaban J connectivity index is 2.26. The van der Waals surface area contributed by atoms with Crippen LogP contribution in [0, 0.1) is 5.82 Å². The van der Waals surface area contributed by atoms with Crippen LogP contribution in [0.1, 0.15) is 28.2 Å². The summed E-state index contributed by atoms with van der Waals surface area (Å²) in [7, 11) is 1.90. The summed E-state index contributed by atoms with van der Waals surface area (Å²) in [5.74, 6) is -0.205. The molecule has 18 heavy (non-hydrogen) atoms. The molecule has 1 aromatic heterocycles. The molecule has 4 heteroatoms. The van der Waals surface area contributed by atoms with Crippen molar-refractivity contribution in [3.8, 4) is 0 Å². The van der Waals surface area contributed by atoms with Crippen molar-refractivity contribution in [2.24, 2.45) is 0 Å². The predicted molar refractivity (Wildman–Crippen MR) is 72.9 cm³/mol. The van der Waals surface area contributed by atoms with Crippen molar-refractivity contribution in [3.63, 3.8) is 0 Å². The molecular weight excluding hydrogens is 249 g/mol. The Hall–Kier alpha value is -1.68. The zero-order chi connectivity index (χ0) is 13.1. The predicted octanol–water partition coefficient (Wildman–Crippen LogP) is 3.90. The van der Waals surface area contributed by atoms with Crippen LogP contribution in [0.15, 0.2) is 36.4 Å². The first-order valence-corrected chi connectivity index (χ1v) is 6.47. The fraction of sp³-hybridized carbons (Fsp3) is 0.214. The van der Waals surface area contributed by atoms with Crippen LogP contribution in [0.25, 0.3) is 0 Å². The highest BCUT2D eigenvalue weighted by molar-refractivity contribution is 7.17. The molecule has 0 saturated heterocycles. The largest absolute Gasteiger partial charge is 0.360 e. The van der Waals surface area contributed by atoms with E-state index in [1.165, 1.54) is 17.4 Å². The lowest BCUT2D eigenvalue weighted by Crippen LogP contribution is -2.21. The van der Waals surface area contributed by atoms with Crippen molar-refractivity contribution in [1.29, 1.82) is 0 Å². The zero-order valence-corrected chi connectivity index (χ0v) is 11.1. The molecule has 0 radical (unpaired) electrons. The average Bonchev–Trinajstić information content (AvgIpc) is 2.86. The molecule has 1 heterocycles. The molecule has 94 valence electrons. The van der Waals surface area contributed by atoms with Gasteiger partial charge in [0, 0.05) is 12.6 Å². The maximum atomic E-state index is 13.7. The standard InChI is InChI=1S/C14H14FNOS/c1-10(12-5-3-4-6-13(12)15)16(2)14-8-7-11(9-17)18-14/h3-10H,1-2H3. The average molecular weight is 263 g/mol. The molecule has 0 aliphatic carbocycles. The van der Waals surface area contributed by atoms with Gasteiger partial charge < -0.3 is 4.90 Å². The maximum absolute atomic E-state index is 13.7. The van der Waals surface area contributed by atoms with Crippen molar-refractivity contribution >= 4 is 22.6 Å². The van der Waals surface area contributed by atoms with Gasteiger partial charge in [-0.3, -0.25) is 4.79 Å². The van der Waals surface area contributed by atoms with Gasteiger partial charge in [-0.15, -0.1) is 11.3 Å². The molecule has 0 saturated carbocycles. The summed E-state index contributed by atoms with van der Waals surface area (Å²) in [6.45, 7) is 1.94. The minimum absolute atomic E-state index is 0.0793. The number of benzene rings is 1. The van der Waals surface area contributed by atoms with Crippen molar-refractivity contribution in [1.82, 2.24) is 0 Å². The lowest BCUT2D eigenvalue weighted by Gasteiger charge is -2.26. The zero-order valence-electron chi connectivity index (χ0n) is 10.3. The molecule has 0 fully saturated rings. The number of carbonyl (C=O) groups excluding carboxylic acids is 1. The molecule has 2 rings (SSSR count). The van der Waals surface area contributed by atoms with E-state index in [-0.39, 0.29) is 11.9 Å². The Kier molecular flexibility index (Phi) is 3.77. The van der Waals surface area contributed by atoms with E-state index in [9.17, 15) is 9.18 Å². The molecule has 0 aliphatic heterocycles. The van der Waals surface area contributed by atoms with Gasteiger partial charge >= 0.3 is 0 Å². The summed E-state index contributed by atoms with van der Waals surface area (Å²) in [6, 6.07) is 10.3. The van der Waals surface area contributed by atoms with Crippen molar-refractivity contribution in [3.05, 3.63) is 52.7 Å². The number of thiophene rings is 1. The second kappa shape index (κ2) is 5.31. The number of nitrogens with zero attached hydrogens (tertiary/aromatic N) is 1. The van der Waals surface area contributed by atoms with Crippen LogP contribution >= 0.6 is 11.3 Å². The van der Waals surface area contributed by atoms with E-state index in [2.05, 4.69) is 0 Å². The van der Waals surface area contributed by atoms with E-state index in [1.54, 1.807) is 18.2 Å². The molecule has 0 amide bonds. The van der Waals surface area contributed by atoms with Gasteiger partial charge in [-0.1, -0.05) is 18.2 Å². The highest BCUT2D eigenvalue weighted by atomic mass is 32.1. The quantitative estimate of drug-likeness (QED) is 0.780. The number of hydrogen-bond acceptors (Lipinski definition) is 3. The highest BCUT2D eigenvalue weighted by Gasteiger charge is 2.16. The van der Waals surface area contributed by atoms with Crippen LogP contribution in [-0.4, -0.2) is 13.3 Å². The molecule has 2 aromatic rings. The Morgan fingerprint density at radius 3 is 2.61 bits per heavy atom. The van der Waals surface area contributed by atoms with E-state index in [0.29, 0.717) is 10.4 Å². The van der Waals surface area contributed by atoms with E-state index in [0.717, 1.165) is 11.3 Å². The first-order chi connectivity index (χ1) is 8.63. The fourth-order valence-electron chi connectivity index (χ4n) is 1.81. The Morgan fingerprint density at radius 2 is 2.00 bits per heavy atom. The third-order valence-electron chi connectivity index (χ3n) is 3.01. The van der Waals surface area contributed by atoms with Crippen molar-refractivity contribution in [2.45, 2.75) is 13.0 Å². The summed E-state index contributed by atoms with van der Waals surface area (Å²) in [5.41, 5.74) is 0.654. The van der Waals surface area contributed by atoms with Crippen LogP contribution in [0.3, 0.4) is 0 Å². The normalized spacial score (nSPS) is 12.2. The van der Waals surface area contributed by atoms with Crippen LogP contribution in [0.4, 0.5) is 9.39 Å². The SMILES string of the molecule is CC(c1ccccc1F)N(C)c1ccc(C=O)s1. The molecule has 0 spiro atoms. The van der Waals surface area contributed by atoms with Gasteiger partial charge in [-0.2, -0.15) is 0 Å². The van der Waals surface area contributed by atoms with Crippen LogP contribution < -0.4 is 4.90 Å². The summed E-state index contributed by atoms with van der Waals surface area (Å²) in [4.78, 5) is 13.3. The molecular formula is C14H14FNOS. The van der Waals surface area contributed by atoms with E-state index in [4.69, 9.17) is 0 Å². The Bertz CT molecular complexity index is 552. The van der Waals surface area contributed by atoms with Gasteiger partial charge in [0.1, 0.15) is 5.82 Å². The number of hydrogen-bond donors (Lipinski definition) is 0. The molecule has 0 bridgehead atoms. The van der Waals surface area contributed by atoms with E-state index < -0.39 is 0 Å². The first-order valence-electron chi connectivity index (χ1n) is 5.65. The minimum Gasteiger partial charge on any atom is -0.360 e. The first kappa shape index (κ1) is 12.8. The number of anilines is 1. The summed E-state index contributed by atoms with van der Waals surface area (Å²) >= 11 is 1.41. The van der Waals surface area contributed by atoms with Gasteiger partial charge in [0.15, 0.2) is 6.29 Å². The molecule has 1 aromatic carbocycles. The third-order valence-corrected chi connectivity index (χ3v) is 4.11. The van der Waals surface area contributed by atoms with Gasteiger partial charge in [0.2, 0.25) is 0 Å². The van der Waals surface area contributed by atoms with Gasteiger partial charge in [0.05, 0.1) is 15.9 Å². The Labute approximate surface area is 110 Å². The minimum atomic E-state index is -0.205. The van der Waals surface area contributed by atoms with Crippen molar-refractivity contribution < 1.29 is 9.18 Å². The van der Waals surface area contributed by atoms with Gasteiger partial charge in [-0.05, 0) is 25.1 Å². The topological polar surface area (TPSA) is 20.3 Å². The second-order valence-corrected chi connectivity index (χ2v) is 5.20. The Morgan fingerprint density at radius 1 is 1.28 bits per heavy atom. The molecule has 0 N–H and O–H groups in total. The maximum Gasteiger partial charge on any atom is 0.160 e. The molecule has 2 nitrogen and oxygen atoms in total. The number of rotatable bonds is 4. The van der Waals surface area contributed by atoms with E-state index >= 15 is 0 Å². The lowest BCUT2D eigenvalue weighted by atomic mass is 10.1. The van der Waals surface area contributed by atoms with Crippen LogP contribution in [0.5, 0.6) is 0 Å². The fourth-order valence-corrected chi connectivity index (χ4v) is 2.67. The lowest BCUT2D eigenvalue weighted by molar-refractivity contribution is 0.112. The third kappa shape index (κ3) is 2.43.